The van der Waals surface area contributed by atoms with Crippen molar-refractivity contribution in [2.45, 2.75) is 13.3 Å². The van der Waals surface area contributed by atoms with Gasteiger partial charge in [0.05, 0.1) is 30.6 Å². The first-order chi connectivity index (χ1) is 13.1. The lowest BCUT2D eigenvalue weighted by Crippen LogP contribution is -2.03. The number of hydrogen-bond donors (Lipinski definition) is 2. The molecule has 3 aromatic rings. The number of hydrogen-bond acceptors (Lipinski definition) is 7. The SMILES string of the molecule is CCCOc1cc2nnc(C#N)c(Nc3ccc(OC)c(F)c3)c2cc1N. The Morgan fingerprint density at radius 3 is 2.70 bits per heavy atom. The van der Waals surface area contributed by atoms with E-state index in [1.165, 1.54) is 19.2 Å². The van der Waals surface area contributed by atoms with Gasteiger partial charge in [0.2, 0.25) is 0 Å². The van der Waals surface area contributed by atoms with Gasteiger partial charge in [-0.25, -0.2) is 4.39 Å². The molecule has 0 aliphatic carbocycles. The van der Waals surface area contributed by atoms with Crippen molar-refractivity contribution in [3.05, 3.63) is 41.8 Å². The minimum atomic E-state index is -0.526. The number of ether oxygens (including phenoxy) is 2. The number of nitrogens with two attached hydrogens (primary N) is 1. The molecule has 2 aromatic carbocycles. The van der Waals surface area contributed by atoms with Crippen molar-refractivity contribution in [3.63, 3.8) is 0 Å². The molecule has 0 aliphatic rings. The lowest BCUT2D eigenvalue weighted by atomic mass is 10.1. The van der Waals surface area contributed by atoms with Gasteiger partial charge in [-0.2, -0.15) is 5.26 Å². The highest BCUT2D eigenvalue weighted by Crippen LogP contribution is 2.34. The first-order valence-electron chi connectivity index (χ1n) is 8.30. The van der Waals surface area contributed by atoms with Crippen molar-refractivity contribution in [3.8, 4) is 17.6 Å². The Labute approximate surface area is 155 Å². The van der Waals surface area contributed by atoms with Gasteiger partial charge in [-0.1, -0.05) is 6.92 Å². The van der Waals surface area contributed by atoms with E-state index in [1.54, 1.807) is 18.2 Å². The smallest absolute Gasteiger partial charge is 0.187 e. The Hall–Kier alpha value is -3.60. The Morgan fingerprint density at radius 1 is 1.22 bits per heavy atom. The number of nitriles is 1. The van der Waals surface area contributed by atoms with E-state index in [-0.39, 0.29) is 11.4 Å². The van der Waals surface area contributed by atoms with Crippen LogP contribution in [0.3, 0.4) is 0 Å². The summed E-state index contributed by atoms with van der Waals surface area (Å²) in [5.41, 5.74) is 7.90. The first-order valence-corrected chi connectivity index (χ1v) is 8.30. The molecule has 3 N–H and O–H groups in total. The Morgan fingerprint density at radius 2 is 2.04 bits per heavy atom. The topological polar surface area (TPSA) is 106 Å². The van der Waals surface area contributed by atoms with Gasteiger partial charge in [-0.05, 0) is 24.6 Å². The van der Waals surface area contributed by atoms with Gasteiger partial charge in [0, 0.05) is 23.2 Å². The van der Waals surface area contributed by atoms with E-state index in [0.717, 1.165) is 6.42 Å². The molecule has 0 unspecified atom stereocenters. The van der Waals surface area contributed by atoms with E-state index < -0.39 is 5.82 Å². The molecule has 138 valence electrons. The molecular weight excluding hydrogens is 349 g/mol. The maximum Gasteiger partial charge on any atom is 0.187 e. The van der Waals surface area contributed by atoms with Crippen molar-refractivity contribution in [2.24, 2.45) is 0 Å². The molecule has 27 heavy (non-hydrogen) atoms. The normalized spacial score (nSPS) is 10.4. The first kappa shape index (κ1) is 18.2. The summed E-state index contributed by atoms with van der Waals surface area (Å²) in [6, 6.07) is 9.73. The van der Waals surface area contributed by atoms with E-state index in [1.807, 2.05) is 13.0 Å². The summed E-state index contributed by atoms with van der Waals surface area (Å²) in [6.45, 7) is 2.52. The van der Waals surface area contributed by atoms with Crippen molar-refractivity contribution in [1.82, 2.24) is 10.2 Å². The molecule has 0 aliphatic heterocycles. The average molecular weight is 367 g/mol. The van der Waals surface area contributed by atoms with Crippen LogP contribution in [0.5, 0.6) is 11.5 Å². The van der Waals surface area contributed by atoms with Crippen molar-refractivity contribution in [1.29, 1.82) is 5.26 Å². The molecule has 0 bridgehead atoms. The summed E-state index contributed by atoms with van der Waals surface area (Å²) >= 11 is 0. The average Bonchev–Trinajstić information content (AvgIpc) is 2.67. The maximum atomic E-state index is 14.0. The molecule has 0 amide bonds. The molecule has 0 fully saturated rings. The number of methoxy groups -OCH3 is 1. The Bertz CT molecular complexity index is 1030. The summed E-state index contributed by atoms with van der Waals surface area (Å²) < 4.78 is 24.5. The monoisotopic (exact) mass is 367 g/mol. The fourth-order valence-electron chi connectivity index (χ4n) is 2.58. The van der Waals surface area contributed by atoms with E-state index in [0.29, 0.717) is 40.3 Å². The molecule has 0 spiro atoms. The molecule has 8 heteroatoms. The summed E-state index contributed by atoms with van der Waals surface area (Å²) in [5.74, 6) is 0.104. The zero-order chi connectivity index (χ0) is 19.4. The number of nitrogens with zero attached hydrogens (tertiary/aromatic N) is 3. The van der Waals surface area contributed by atoms with Gasteiger partial charge in [0.1, 0.15) is 11.8 Å². The minimum absolute atomic E-state index is 0.0698. The summed E-state index contributed by atoms with van der Waals surface area (Å²) in [6.07, 6.45) is 0.840. The largest absolute Gasteiger partial charge is 0.494 e. The van der Waals surface area contributed by atoms with Gasteiger partial charge in [-0.3, -0.25) is 0 Å². The second-order valence-electron chi connectivity index (χ2n) is 5.77. The highest BCUT2D eigenvalue weighted by Gasteiger charge is 2.15. The summed E-state index contributed by atoms with van der Waals surface area (Å²) in [5, 5.41) is 21.0. The zero-order valence-electron chi connectivity index (χ0n) is 14.9. The van der Waals surface area contributed by atoms with Crippen LogP contribution in [0.2, 0.25) is 0 Å². The third-order valence-corrected chi connectivity index (χ3v) is 3.88. The summed E-state index contributed by atoms with van der Waals surface area (Å²) in [7, 11) is 1.39. The highest BCUT2D eigenvalue weighted by molar-refractivity contribution is 5.97. The predicted octanol–water partition coefficient (Wildman–Crippen LogP) is 3.76. The van der Waals surface area contributed by atoms with Crippen molar-refractivity contribution < 1.29 is 13.9 Å². The standard InChI is InChI=1S/C19H18FN5O2/c1-3-6-27-18-9-15-12(8-14(18)22)19(16(10-21)25-24-15)23-11-4-5-17(26-2)13(20)7-11/h4-5,7-9H,3,6,22H2,1-2H3,(H,23,24). The van der Waals surface area contributed by atoms with Crippen LogP contribution < -0.4 is 20.5 Å². The molecule has 0 saturated heterocycles. The number of halogens is 1. The molecule has 0 radical (unpaired) electrons. The Balaban J connectivity index is 2.08. The van der Waals surface area contributed by atoms with Crippen LogP contribution in [-0.4, -0.2) is 23.9 Å². The lowest BCUT2D eigenvalue weighted by molar-refractivity contribution is 0.319. The number of benzene rings is 2. The quantitative estimate of drug-likeness (QED) is 0.639. The van der Waals surface area contributed by atoms with Crippen LogP contribution in [0.4, 0.5) is 21.5 Å². The minimum Gasteiger partial charge on any atom is -0.494 e. The number of nitrogen functional groups attached to an aromatic ring is 1. The van der Waals surface area contributed by atoms with Gasteiger partial charge in [0.15, 0.2) is 17.3 Å². The van der Waals surface area contributed by atoms with E-state index in [2.05, 4.69) is 15.5 Å². The fraction of sp³-hybridized carbons (Fsp3) is 0.211. The zero-order valence-corrected chi connectivity index (χ0v) is 14.9. The van der Waals surface area contributed by atoms with Gasteiger partial charge in [-0.15, -0.1) is 10.2 Å². The predicted molar refractivity (Wildman–Crippen MR) is 101 cm³/mol. The number of fused-ring (bicyclic) bond motifs is 1. The van der Waals surface area contributed by atoms with Crippen LogP contribution in [-0.2, 0) is 0 Å². The number of nitrogens with one attached hydrogen (secondary N) is 1. The van der Waals surface area contributed by atoms with Crippen LogP contribution in [0.1, 0.15) is 19.0 Å². The maximum absolute atomic E-state index is 14.0. The molecule has 3 rings (SSSR count). The number of aromatic nitrogens is 2. The molecule has 7 nitrogen and oxygen atoms in total. The third kappa shape index (κ3) is 3.67. The van der Waals surface area contributed by atoms with Crippen LogP contribution in [0.15, 0.2) is 30.3 Å². The van der Waals surface area contributed by atoms with Gasteiger partial charge < -0.3 is 20.5 Å². The number of rotatable bonds is 6. The van der Waals surface area contributed by atoms with E-state index in [9.17, 15) is 9.65 Å². The van der Waals surface area contributed by atoms with Crippen molar-refractivity contribution in [2.75, 3.05) is 24.8 Å². The van der Waals surface area contributed by atoms with Gasteiger partial charge in [0.25, 0.3) is 0 Å². The lowest BCUT2D eigenvalue weighted by Gasteiger charge is -2.14. The van der Waals surface area contributed by atoms with Crippen LogP contribution in [0, 0.1) is 17.1 Å². The molecular formula is C19H18FN5O2. The second kappa shape index (κ2) is 7.74. The highest BCUT2D eigenvalue weighted by atomic mass is 19.1. The van der Waals surface area contributed by atoms with Crippen LogP contribution in [0.25, 0.3) is 10.9 Å². The van der Waals surface area contributed by atoms with Crippen LogP contribution >= 0.6 is 0 Å². The van der Waals surface area contributed by atoms with Crippen molar-refractivity contribution >= 4 is 28.0 Å². The van der Waals surface area contributed by atoms with E-state index >= 15 is 0 Å². The third-order valence-electron chi connectivity index (χ3n) is 3.88. The second-order valence-corrected chi connectivity index (χ2v) is 5.77. The molecule has 1 aromatic heterocycles. The molecule has 0 saturated carbocycles. The number of anilines is 3. The Kier molecular flexibility index (Phi) is 5.22. The van der Waals surface area contributed by atoms with E-state index in [4.69, 9.17) is 15.2 Å². The fourth-order valence-corrected chi connectivity index (χ4v) is 2.58. The molecule has 1 heterocycles. The van der Waals surface area contributed by atoms with Gasteiger partial charge >= 0.3 is 0 Å². The molecule has 0 atom stereocenters. The summed E-state index contributed by atoms with van der Waals surface area (Å²) in [4.78, 5) is 0.